The molecule has 0 N–H and O–H groups in total. The molecule has 2 aromatic heterocycles. The second-order valence-electron chi connectivity index (χ2n) is 19.0. The van der Waals surface area contributed by atoms with Crippen LogP contribution in [-0.2, 0) is 5.41 Å². The van der Waals surface area contributed by atoms with Crippen LogP contribution in [-0.4, -0.2) is 15.0 Å². The van der Waals surface area contributed by atoms with Crippen LogP contribution in [0, 0.1) is 0 Å². The molecule has 11 aromatic carbocycles. The van der Waals surface area contributed by atoms with Gasteiger partial charge in [0.1, 0.15) is 11.2 Å². The third-order valence-corrected chi connectivity index (χ3v) is 14.8. The normalized spacial score (nSPS) is 12.4. The first-order valence-electron chi connectivity index (χ1n) is 25.4. The highest BCUT2D eigenvalue weighted by molar-refractivity contribution is 6.13. The number of furan rings is 1. The molecule has 0 saturated carbocycles. The van der Waals surface area contributed by atoms with Gasteiger partial charge < -0.3 is 9.32 Å². The van der Waals surface area contributed by atoms with E-state index in [0.29, 0.717) is 17.5 Å². The largest absolute Gasteiger partial charge is 0.455 e. The Morgan fingerprint density at radius 2 is 0.707 bits per heavy atom. The molecule has 0 aliphatic heterocycles. The molecule has 0 fully saturated rings. The lowest BCUT2D eigenvalue weighted by Gasteiger charge is -2.34. The SMILES string of the molecule is c1ccc(-c2ccc(N(c3ccc(-c4cccc5c4oc4c(-c6nc(-c7ccccc7)nc(-c7ccccc7)n6)cccc45)cc3)c3cccc4c3-c3ccccc3C4(c3ccccc3)c3ccccc3)cc2)cc1. The molecular weight excluding hydrogens is 913 g/mol. The lowest BCUT2D eigenvalue weighted by molar-refractivity contribution is 0.670. The van der Waals surface area contributed by atoms with Crippen molar-refractivity contribution in [3.8, 4) is 67.5 Å². The number of hydrogen-bond acceptors (Lipinski definition) is 5. The van der Waals surface area contributed by atoms with E-state index in [2.05, 4.69) is 217 Å². The molecular formula is C70H46N4O. The highest BCUT2D eigenvalue weighted by atomic mass is 16.3. The quantitative estimate of drug-likeness (QED) is 0.137. The predicted octanol–water partition coefficient (Wildman–Crippen LogP) is 17.9. The van der Waals surface area contributed by atoms with Crippen molar-refractivity contribution in [2.24, 2.45) is 0 Å². The zero-order chi connectivity index (χ0) is 49.7. The van der Waals surface area contributed by atoms with Gasteiger partial charge in [-0.3, -0.25) is 0 Å². The number of para-hydroxylation sites is 2. The summed E-state index contributed by atoms with van der Waals surface area (Å²) < 4.78 is 7.04. The summed E-state index contributed by atoms with van der Waals surface area (Å²) in [5.74, 6) is 1.76. The number of rotatable bonds is 10. The minimum Gasteiger partial charge on any atom is -0.455 e. The highest BCUT2D eigenvalue weighted by Gasteiger charge is 2.47. The Kier molecular flexibility index (Phi) is 10.7. The first kappa shape index (κ1) is 43.8. The summed E-state index contributed by atoms with van der Waals surface area (Å²) in [5.41, 5.74) is 18.6. The van der Waals surface area contributed by atoms with E-state index in [-0.39, 0.29) is 0 Å². The molecule has 1 aliphatic rings. The van der Waals surface area contributed by atoms with Crippen molar-refractivity contribution in [2.75, 3.05) is 4.90 Å². The van der Waals surface area contributed by atoms with Crippen LogP contribution in [0.5, 0.6) is 0 Å². The van der Waals surface area contributed by atoms with Gasteiger partial charge in [0.25, 0.3) is 0 Å². The molecule has 13 aromatic rings. The van der Waals surface area contributed by atoms with Gasteiger partial charge in [0.15, 0.2) is 17.5 Å². The van der Waals surface area contributed by atoms with Crippen molar-refractivity contribution >= 4 is 39.0 Å². The molecule has 352 valence electrons. The molecule has 14 rings (SSSR count). The van der Waals surface area contributed by atoms with E-state index in [1.807, 2.05) is 66.7 Å². The van der Waals surface area contributed by atoms with E-state index in [0.717, 1.165) is 72.4 Å². The molecule has 75 heavy (non-hydrogen) atoms. The fraction of sp³-hybridized carbons (Fsp3) is 0.0143. The van der Waals surface area contributed by atoms with E-state index >= 15 is 0 Å². The molecule has 0 spiro atoms. The Morgan fingerprint density at radius 1 is 0.293 bits per heavy atom. The van der Waals surface area contributed by atoms with Gasteiger partial charge in [0, 0.05) is 44.4 Å². The summed E-state index contributed by atoms with van der Waals surface area (Å²) >= 11 is 0. The second-order valence-corrected chi connectivity index (χ2v) is 19.0. The van der Waals surface area contributed by atoms with Gasteiger partial charge in [0.2, 0.25) is 0 Å². The Balaban J connectivity index is 0.920. The lowest BCUT2D eigenvalue weighted by atomic mass is 9.68. The van der Waals surface area contributed by atoms with Gasteiger partial charge in [-0.1, -0.05) is 243 Å². The van der Waals surface area contributed by atoms with Crippen LogP contribution >= 0.6 is 0 Å². The van der Waals surface area contributed by atoms with Crippen molar-refractivity contribution in [1.82, 2.24) is 15.0 Å². The van der Waals surface area contributed by atoms with Crippen LogP contribution in [0.4, 0.5) is 17.1 Å². The van der Waals surface area contributed by atoms with Gasteiger partial charge in [0.05, 0.1) is 16.7 Å². The second kappa shape index (κ2) is 18.3. The summed E-state index contributed by atoms with van der Waals surface area (Å²) in [6.45, 7) is 0. The van der Waals surface area contributed by atoms with Crippen LogP contribution < -0.4 is 4.90 Å². The molecule has 0 bridgehead atoms. The lowest BCUT2D eigenvalue weighted by Crippen LogP contribution is -2.28. The van der Waals surface area contributed by atoms with Crippen molar-refractivity contribution < 1.29 is 4.42 Å². The number of anilines is 3. The fourth-order valence-electron chi connectivity index (χ4n) is 11.5. The Labute approximate surface area is 435 Å². The molecule has 0 atom stereocenters. The van der Waals surface area contributed by atoms with E-state index in [1.165, 1.54) is 38.9 Å². The van der Waals surface area contributed by atoms with E-state index in [4.69, 9.17) is 19.4 Å². The van der Waals surface area contributed by atoms with E-state index in [1.54, 1.807) is 0 Å². The molecule has 5 heteroatoms. The van der Waals surface area contributed by atoms with Crippen LogP contribution in [0.2, 0.25) is 0 Å². The maximum Gasteiger partial charge on any atom is 0.167 e. The number of fused-ring (bicyclic) bond motifs is 6. The Morgan fingerprint density at radius 3 is 1.28 bits per heavy atom. The average Bonchev–Trinajstić information content (AvgIpc) is 4.13. The van der Waals surface area contributed by atoms with Crippen molar-refractivity contribution in [3.63, 3.8) is 0 Å². The number of benzene rings is 11. The zero-order valence-corrected chi connectivity index (χ0v) is 40.8. The maximum absolute atomic E-state index is 7.04. The van der Waals surface area contributed by atoms with E-state index < -0.39 is 5.41 Å². The van der Waals surface area contributed by atoms with Gasteiger partial charge in [-0.15, -0.1) is 0 Å². The summed E-state index contributed by atoms with van der Waals surface area (Å²) in [7, 11) is 0. The summed E-state index contributed by atoms with van der Waals surface area (Å²) in [4.78, 5) is 17.5. The topological polar surface area (TPSA) is 55.1 Å². The maximum atomic E-state index is 7.04. The predicted molar refractivity (Wildman–Crippen MR) is 306 cm³/mol. The third-order valence-electron chi connectivity index (χ3n) is 14.8. The number of nitrogens with zero attached hydrogens (tertiary/aromatic N) is 4. The molecule has 0 amide bonds. The smallest absolute Gasteiger partial charge is 0.167 e. The molecule has 0 unspecified atom stereocenters. The molecule has 2 heterocycles. The standard InChI is InChI=1S/C70H46N4O/c1-6-21-47(22-7-1)48-39-43-54(44-40-48)74(63-38-20-37-62-64(63)59-31-16-17-36-61(59)70(62,52-27-12-4-13-28-52)53-29-14-5-15-30-53)55-45-41-49(42-46-55)56-32-18-33-57-58-34-19-35-60(66(58)75-65(56)57)69-72-67(50-23-8-2-9-24-50)71-68(73-69)51-25-10-3-11-26-51/h1-46H. The molecule has 0 saturated heterocycles. The van der Waals surface area contributed by atoms with E-state index in [9.17, 15) is 0 Å². The van der Waals surface area contributed by atoms with Crippen molar-refractivity contribution in [1.29, 1.82) is 0 Å². The van der Waals surface area contributed by atoms with Crippen molar-refractivity contribution in [2.45, 2.75) is 5.41 Å². The minimum absolute atomic E-state index is 0.541. The van der Waals surface area contributed by atoms with Crippen LogP contribution in [0.15, 0.2) is 283 Å². The van der Waals surface area contributed by atoms with Gasteiger partial charge in [-0.2, -0.15) is 0 Å². The minimum atomic E-state index is -0.541. The Hall–Kier alpha value is -9.97. The van der Waals surface area contributed by atoms with Crippen LogP contribution in [0.3, 0.4) is 0 Å². The van der Waals surface area contributed by atoms with Crippen LogP contribution in [0.1, 0.15) is 22.3 Å². The van der Waals surface area contributed by atoms with Gasteiger partial charge in [-0.05, 0) is 80.9 Å². The summed E-state index contributed by atoms with van der Waals surface area (Å²) in [5, 5.41) is 2.02. The molecule has 1 aliphatic carbocycles. The first-order valence-corrected chi connectivity index (χ1v) is 25.4. The summed E-state index contributed by atoms with van der Waals surface area (Å²) in [6.07, 6.45) is 0. The highest BCUT2D eigenvalue weighted by Crippen LogP contribution is 2.59. The Bertz CT molecular complexity index is 4100. The van der Waals surface area contributed by atoms with Gasteiger partial charge in [-0.25, -0.2) is 15.0 Å². The zero-order valence-electron chi connectivity index (χ0n) is 40.8. The number of hydrogen-bond donors (Lipinski definition) is 0. The molecule has 5 nitrogen and oxygen atoms in total. The third kappa shape index (κ3) is 7.35. The number of aromatic nitrogens is 3. The summed E-state index contributed by atoms with van der Waals surface area (Å²) in [6, 6.07) is 99.1. The van der Waals surface area contributed by atoms with Crippen LogP contribution in [0.25, 0.3) is 89.5 Å². The average molecular weight is 959 g/mol. The van der Waals surface area contributed by atoms with Crippen molar-refractivity contribution in [3.05, 3.63) is 301 Å². The molecule has 0 radical (unpaired) electrons. The first-order chi connectivity index (χ1) is 37.2. The van der Waals surface area contributed by atoms with Gasteiger partial charge >= 0.3 is 0 Å². The fourth-order valence-corrected chi connectivity index (χ4v) is 11.5. The monoisotopic (exact) mass is 958 g/mol.